The van der Waals surface area contributed by atoms with Crippen LogP contribution in [0, 0.1) is 20.2 Å². The van der Waals surface area contributed by atoms with Crippen LogP contribution >= 0.6 is 24.4 Å². The number of para-hydroxylation sites is 4. The lowest BCUT2D eigenvalue weighted by atomic mass is 10.3. The predicted molar refractivity (Wildman–Crippen MR) is 136 cm³/mol. The van der Waals surface area contributed by atoms with E-state index in [0.29, 0.717) is 32.1 Å². The highest BCUT2D eigenvalue weighted by molar-refractivity contribution is 7.80. The fourth-order valence-electron chi connectivity index (χ4n) is 2.58. The number of thiocarbonyl (C=S) groups is 2. The van der Waals surface area contributed by atoms with Crippen molar-refractivity contribution in [3.05, 3.63) is 68.8 Å². The number of hydrogen-bond acceptors (Lipinski definition) is 12. The van der Waals surface area contributed by atoms with Gasteiger partial charge >= 0.3 is 0 Å². The van der Waals surface area contributed by atoms with Gasteiger partial charge in [0.2, 0.25) is 12.8 Å². The molecule has 0 aliphatic carbocycles. The number of nitro groups is 2. The summed E-state index contributed by atoms with van der Waals surface area (Å²) in [6, 6.07) is 12.3. The Morgan fingerprint density at radius 3 is 2.00 bits per heavy atom. The Bertz CT molecular complexity index is 1070. The second kappa shape index (κ2) is 15.5. The average molecular weight is 539 g/mol. The van der Waals surface area contributed by atoms with Crippen molar-refractivity contribution in [1.82, 2.24) is 5.32 Å². The monoisotopic (exact) mass is 538 g/mol. The number of nitrogens with two attached hydrogens (primary N) is 1. The van der Waals surface area contributed by atoms with Gasteiger partial charge in [-0.15, -0.1) is 0 Å². The molecule has 0 saturated carbocycles. The number of ether oxygens (including phenoxy) is 4. The quantitative estimate of drug-likeness (QED) is 0.218. The van der Waals surface area contributed by atoms with Gasteiger partial charge in [-0.2, -0.15) is 4.99 Å². The van der Waals surface area contributed by atoms with Crippen LogP contribution in [0.2, 0.25) is 0 Å². The normalized spacial score (nSPS) is 14.8. The third-order valence-corrected chi connectivity index (χ3v) is 4.42. The molecule has 36 heavy (non-hydrogen) atoms. The zero-order valence-corrected chi connectivity index (χ0v) is 20.2. The van der Waals surface area contributed by atoms with E-state index >= 15 is 0 Å². The summed E-state index contributed by atoms with van der Waals surface area (Å²) in [5.74, 6) is 0. The maximum Gasteiger partial charge on any atom is 0.295 e. The third-order valence-electron chi connectivity index (χ3n) is 4.11. The number of rotatable bonds is 5. The standard InChI is InChI=1S/C10H11N3O4S.C7H4N2O2S.C3H7NO2/c14-13(15)8-4-2-1-3-7(8)11-9(18)12-10-16-5-6-17-10;10-9(11)7-4-2-1-3-6(7)8-5-12;4-3-5-1-2-6-3/h1-4,10H,5-6H2,(H2,11,12,18);1-4H;3H,1-2,4H2. The maximum absolute atomic E-state index is 10.8. The molecule has 2 aliphatic rings. The van der Waals surface area contributed by atoms with Crippen LogP contribution in [0.3, 0.4) is 0 Å². The molecular formula is C20H22N6O8S2. The van der Waals surface area contributed by atoms with Gasteiger partial charge in [0.1, 0.15) is 5.69 Å². The van der Waals surface area contributed by atoms with Gasteiger partial charge in [-0.1, -0.05) is 24.3 Å². The molecule has 0 spiro atoms. The van der Waals surface area contributed by atoms with Gasteiger partial charge < -0.3 is 29.6 Å². The largest absolute Gasteiger partial charge is 0.338 e. The zero-order chi connectivity index (χ0) is 26.3. The molecule has 2 aromatic rings. The lowest BCUT2D eigenvalue weighted by Gasteiger charge is -2.14. The lowest BCUT2D eigenvalue weighted by Crippen LogP contribution is -2.38. The Kier molecular flexibility index (Phi) is 12.4. The van der Waals surface area contributed by atoms with Crippen LogP contribution in [-0.2, 0) is 18.9 Å². The highest BCUT2D eigenvalue weighted by atomic mass is 32.1. The number of hydrogen-bond donors (Lipinski definition) is 3. The smallest absolute Gasteiger partial charge is 0.295 e. The van der Waals surface area contributed by atoms with Crippen LogP contribution in [0.4, 0.5) is 22.7 Å². The van der Waals surface area contributed by atoms with Gasteiger partial charge in [-0.3, -0.25) is 26.0 Å². The van der Waals surface area contributed by atoms with Crippen molar-refractivity contribution in [2.75, 3.05) is 31.7 Å². The number of nitro benzene ring substituents is 2. The molecule has 2 saturated heterocycles. The molecule has 4 N–H and O–H groups in total. The van der Waals surface area contributed by atoms with E-state index in [1.54, 1.807) is 30.3 Å². The van der Waals surface area contributed by atoms with Crippen molar-refractivity contribution >= 4 is 57.5 Å². The van der Waals surface area contributed by atoms with E-state index in [9.17, 15) is 20.2 Å². The van der Waals surface area contributed by atoms with Gasteiger partial charge in [-0.25, -0.2) is 0 Å². The summed E-state index contributed by atoms with van der Waals surface area (Å²) in [5, 5.41) is 29.0. The average Bonchev–Trinajstić information content (AvgIpc) is 3.54. The van der Waals surface area contributed by atoms with Crippen molar-refractivity contribution in [3.63, 3.8) is 0 Å². The number of benzene rings is 2. The van der Waals surface area contributed by atoms with E-state index in [1.807, 2.05) is 0 Å². The van der Waals surface area contributed by atoms with Gasteiger partial charge in [0.15, 0.2) is 10.8 Å². The molecule has 4 rings (SSSR count). The molecule has 0 radical (unpaired) electrons. The summed E-state index contributed by atoms with van der Waals surface area (Å²) in [5.41, 5.74) is 5.53. The van der Waals surface area contributed by atoms with Gasteiger partial charge in [0, 0.05) is 12.1 Å². The molecule has 0 bridgehead atoms. The molecule has 2 aromatic carbocycles. The SMILES string of the molecule is NC1OCCO1.O=[N+]([O-])c1ccccc1N=C=S.O=[N+]([O-])c1ccccc1NC(=S)NC1OCCO1. The molecule has 192 valence electrons. The van der Waals surface area contributed by atoms with Gasteiger partial charge in [0.05, 0.1) is 41.4 Å². The molecule has 2 aliphatic heterocycles. The molecule has 0 atom stereocenters. The molecule has 0 aromatic heterocycles. The minimum absolute atomic E-state index is 0.0464. The topological polar surface area (TPSA) is 186 Å². The van der Waals surface area contributed by atoms with E-state index in [1.165, 1.54) is 18.2 Å². The first kappa shape index (κ1) is 28.8. The Labute approximate surface area is 215 Å². The minimum atomic E-state index is -0.604. The Morgan fingerprint density at radius 2 is 1.47 bits per heavy atom. The summed E-state index contributed by atoms with van der Waals surface area (Å²) >= 11 is 9.35. The summed E-state index contributed by atoms with van der Waals surface area (Å²) in [4.78, 5) is 23.7. The van der Waals surface area contributed by atoms with Crippen molar-refractivity contribution in [2.45, 2.75) is 12.8 Å². The fraction of sp³-hybridized carbons (Fsp3) is 0.300. The summed E-state index contributed by atoms with van der Waals surface area (Å²) in [7, 11) is 0. The number of anilines is 1. The molecule has 0 amide bonds. The van der Waals surface area contributed by atoms with E-state index in [2.05, 4.69) is 33.0 Å². The van der Waals surface area contributed by atoms with Crippen LogP contribution in [0.25, 0.3) is 0 Å². The Morgan fingerprint density at radius 1 is 0.944 bits per heavy atom. The molecule has 2 heterocycles. The van der Waals surface area contributed by atoms with Gasteiger partial charge in [-0.05, 0) is 36.6 Å². The maximum atomic E-state index is 10.8. The van der Waals surface area contributed by atoms with Gasteiger partial charge in [0.25, 0.3) is 11.4 Å². The summed E-state index contributed by atoms with van der Waals surface area (Å²) in [6.07, 6.45) is -1.06. The van der Waals surface area contributed by atoms with Crippen LogP contribution in [0.1, 0.15) is 0 Å². The first-order valence-electron chi connectivity index (χ1n) is 10.2. The zero-order valence-electron chi connectivity index (χ0n) is 18.6. The number of nitrogens with one attached hydrogen (secondary N) is 2. The van der Waals surface area contributed by atoms with Crippen LogP contribution in [0.5, 0.6) is 0 Å². The van der Waals surface area contributed by atoms with Crippen LogP contribution < -0.4 is 16.4 Å². The summed E-state index contributed by atoms with van der Waals surface area (Å²) in [6.45, 7) is 2.26. The van der Waals surface area contributed by atoms with Crippen LogP contribution in [0.15, 0.2) is 53.5 Å². The number of aliphatic imine (C=N–C) groups is 1. The molecule has 16 heteroatoms. The number of nitrogens with zero attached hydrogens (tertiary/aromatic N) is 3. The molecule has 14 nitrogen and oxygen atoms in total. The highest BCUT2D eigenvalue weighted by Crippen LogP contribution is 2.25. The predicted octanol–water partition coefficient (Wildman–Crippen LogP) is 2.82. The third kappa shape index (κ3) is 10.0. The number of isothiocyanates is 1. The first-order chi connectivity index (χ1) is 17.3. The van der Waals surface area contributed by atoms with Crippen molar-refractivity contribution < 1.29 is 28.8 Å². The molecule has 2 fully saturated rings. The van der Waals surface area contributed by atoms with E-state index in [-0.39, 0.29) is 22.2 Å². The van der Waals surface area contributed by atoms with E-state index < -0.39 is 22.7 Å². The summed E-state index contributed by atoms with van der Waals surface area (Å²) < 4.78 is 19.7. The first-order valence-corrected chi connectivity index (χ1v) is 11.0. The van der Waals surface area contributed by atoms with Crippen molar-refractivity contribution in [1.29, 1.82) is 0 Å². The molecule has 0 unspecified atom stereocenters. The van der Waals surface area contributed by atoms with Crippen molar-refractivity contribution in [3.8, 4) is 0 Å². The fourth-order valence-corrected chi connectivity index (χ4v) is 2.89. The second-order valence-electron chi connectivity index (χ2n) is 6.51. The van der Waals surface area contributed by atoms with Crippen LogP contribution in [-0.4, -0.2) is 59.4 Å². The van der Waals surface area contributed by atoms with E-state index in [0.717, 1.165) is 0 Å². The molecular weight excluding hydrogens is 516 g/mol. The Hall–Kier alpha value is -3.47. The minimum Gasteiger partial charge on any atom is -0.338 e. The highest BCUT2D eigenvalue weighted by Gasteiger charge is 2.18. The second-order valence-corrected chi connectivity index (χ2v) is 7.10. The Balaban J connectivity index is 0.000000217. The van der Waals surface area contributed by atoms with E-state index in [4.69, 9.17) is 36.9 Å². The van der Waals surface area contributed by atoms with Crippen molar-refractivity contribution in [2.24, 2.45) is 10.7 Å². The lowest BCUT2D eigenvalue weighted by molar-refractivity contribution is -0.384.